The fourth-order valence-electron chi connectivity index (χ4n) is 4.48. The predicted molar refractivity (Wildman–Crippen MR) is 170 cm³/mol. The first kappa shape index (κ1) is 34.3. The molecule has 0 bridgehead atoms. The van der Waals surface area contributed by atoms with E-state index in [0.29, 0.717) is 12.8 Å². The van der Waals surface area contributed by atoms with Gasteiger partial charge in [-0.1, -0.05) is 54.9 Å². The Morgan fingerprint density at radius 1 is 1.07 bits per heavy atom. The maximum Gasteiger partial charge on any atom is 0.273 e. The summed E-state index contributed by atoms with van der Waals surface area (Å²) >= 11 is 6.26. The number of amides is 2. The van der Waals surface area contributed by atoms with Gasteiger partial charge in [-0.3, -0.25) is 24.0 Å². The minimum absolute atomic E-state index is 0.0451. The first-order chi connectivity index (χ1) is 20.8. The predicted octanol–water partition coefficient (Wildman–Crippen LogP) is 5.14. The monoisotopic (exact) mass is 644 g/mol. The van der Waals surface area contributed by atoms with Gasteiger partial charge in [-0.15, -0.1) is 0 Å². The second-order valence-electron chi connectivity index (χ2n) is 10.3. The maximum absolute atomic E-state index is 14.2. The fraction of sp³-hybridized carbons (Fsp3) is 0.355. The summed E-state index contributed by atoms with van der Waals surface area (Å²) in [6.45, 7) is 6.23. The summed E-state index contributed by atoms with van der Waals surface area (Å²) in [6, 6.07) is 16.1. The van der Waals surface area contributed by atoms with E-state index < -0.39 is 44.0 Å². The molecule has 0 aliphatic carbocycles. The van der Waals surface area contributed by atoms with E-state index >= 15 is 0 Å². The van der Waals surface area contributed by atoms with Crippen molar-refractivity contribution >= 4 is 44.8 Å². The van der Waals surface area contributed by atoms with E-state index in [4.69, 9.17) is 16.3 Å². The molecule has 236 valence electrons. The zero-order valence-corrected chi connectivity index (χ0v) is 26.9. The molecule has 0 unspecified atom stereocenters. The highest BCUT2D eigenvalue weighted by Crippen LogP contribution is 2.36. The summed E-state index contributed by atoms with van der Waals surface area (Å²) < 4.78 is 34.6. The lowest BCUT2D eigenvalue weighted by Gasteiger charge is -2.32. The largest absolute Gasteiger partial charge is 0.495 e. The number of halogens is 1. The molecule has 0 saturated heterocycles. The van der Waals surface area contributed by atoms with E-state index in [0.717, 1.165) is 15.9 Å². The van der Waals surface area contributed by atoms with Crippen molar-refractivity contribution in [3.8, 4) is 5.75 Å². The molecule has 0 spiro atoms. The van der Waals surface area contributed by atoms with Gasteiger partial charge in [0.05, 0.1) is 22.6 Å². The SMILES string of the molecule is CC[C@H](C)NC(=O)[C@H](C)N(CCc1ccccc1)C(=O)CN(c1cc(Cl)ccc1OC)S(=O)(=O)c1ccc(C)c([N+](=O)[O-])c1. The summed E-state index contributed by atoms with van der Waals surface area (Å²) in [5.41, 5.74) is 0.754. The Labute approximate surface area is 263 Å². The van der Waals surface area contributed by atoms with E-state index in [1.165, 1.54) is 49.3 Å². The fourth-order valence-corrected chi connectivity index (χ4v) is 6.08. The van der Waals surface area contributed by atoms with Gasteiger partial charge in [0.25, 0.3) is 15.7 Å². The van der Waals surface area contributed by atoms with Crippen LogP contribution in [0.2, 0.25) is 5.02 Å². The van der Waals surface area contributed by atoms with E-state index in [9.17, 15) is 28.1 Å². The number of ether oxygens (including phenoxy) is 1. The van der Waals surface area contributed by atoms with Gasteiger partial charge in [0.2, 0.25) is 11.8 Å². The molecule has 13 heteroatoms. The smallest absolute Gasteiger partial charge is 0.273 e. The van der Waals surface area contributed by atoms with Gasteiger partial charge >= 0.3 is 0 Å². The number of methoxy groups -OCH3 is 1. The molecule has 0 radical (unpaired) electrons. The Kier molecular flexibility index (Phi) is 11.7. The van der Waals surface area contributed by atoms with Crippen LogP contribution in [-0.4, -0.2) is 62.3 Å². The second-order valence-corrected chi connectivity index (χ2v) is 12.6. The summed E-state index contributed by atoms with van der Waals surface area (Å²) in [6.07, 6.45) is 1.09. The van der Waals surface area contributed by atoms with Gasteiger partial charge in [0.15, 0.2) is 0 Å². The Balaban J connectivity index is 2.11. The Morgan fingerprint density at radius 3 is 2.36 bits per heavy atom. The number of nitro groups is 1. The van der Waals surface area contributed by atoms with Crippen LogP contribution in [-0.2, 0) is 26.0 Å². The molecular formula is C31H37ClN4O7S. The highest BCUT2D eigenvalue weighted by molar-refractivity contribution is 7.92. The van der Waals surface area contributed by atoms with Crippen molar-refractivity contribution in [2.24, 2.45) is 0 Å². The van der Waals surface area contributed by atoms with Crippen LogP contribution in [0.4, 0.5) is 11.4 Å². The Morgan fingerprint density at radius 2 is 1.75 bits per heavy atom. The second kappa shape index (κ2) is 15.0. The first-order valence-electron chi connectivity index (χ1n) is 14.0. The molecule has 0 fully saturated rings. The van der Waals surface area contributed by atoms with Crippen LogP contribution < -0.4 is 14.4 Å². The lowest BCUT2D eigenvalue weighted by Crippen LogP contribution is -2.53. The number of nitrogens with one attached hydrogen (secondary N) is 1. The third-order valence-corrected chi connectivity index (χ3v) is 9.30. The van der Waals surface area contributed by atoms with Crippen LogP contribution in [0.5, 0.6) is 5.75 Å². The van der Waals surface area contributed by atoms with Gasteiger partial charge < -0.3 is 15.0 Å². The van der Waals surface area contributed by atoms with E-state index in [1.807, 2.05) is 44.2 Å². The van der Waals surface area contributed by atoms with Gasteiger partial charge in [-0.25, -0.2) is 8.42 Å². The minimum Gasteiger partial charge on any atom is -0.495 e. The normalized spacial score (nSPS) is 12.6. The number of hydrogen-bond donors (Lipinski definition) is 1. The highest BCUT2D eigenvalue weighted by atomic mass is 35.5. The van der Waals surface area contributed by atoms with Crippen molar-refractivity contribution in [3.63, 3.8) is 0 Å². The molecule has 2 amide bonds. The lowest BCUT2D eigenvalue weighted by atomic mass is 10.1. The number of carbonyl (C=O) groups is 2. The number of aryl methyl sites for hydroxylation is 1. The van der Waals surface area contributed by atoms with Gasteiger partial charge in [0, 0.05) is 29.2 Å². The van der Waals surface area contributed by atoms with Crippen LogP contribution >= 0.6 is 11.6 Å². The molecule has 0 aliphatic heterocycles. The number of hydrogen-bond acceptors (Lipinski definition) is 7. The number of nitro benzene ring substituents is 1. The molecule has 3 aromatic rings. The number of carbonyl (C=O) groups excluding carboxylic acids is 2. The van der Waals surface area contributed by atoms with E-state index in [-0.39, 0.29) is 40.5 Å². The zero-order chi connectivity index (χ0) is 32.6. The van der Waals surface area contributed by atoms with Crippen molar-refractivity contribution < 1.29 is 27.7 Å². The maximum atomic E-state index is 14.2. The minimum atomic E-state index is -4.60. The molecule has 44 heavy (non-hydrogen) atoms. The molecule has 0 heterocycles. The number of anilines is 1. The number of nitrogens with zero attached hydrogens (tertiary/aromatic N) is 3. The molecule has 3 aromatic carbocycles. The van der Waals surface area contributed by atoms with Crippen molar-refractivity contribution in [2.75, 3.05) is 24.5 Å². The molecule has 11 nitrogen and oxygen atoms in total. The van der Waals surface area contributed by atoms with Crippen LogP contribution in [0.25, 0.3) is 0 Å². The molecule has 0 aromatic heterocycles. The summed E-state index contributed by atoms with van der Waals surface area (Å²) in [4.78, 5) is 39.2. The van der Waals surface area contributed by atoms with Crippen LogP contribution in [0.15, 0.2) is 71.6 Å². The standard InChI is InChI=1S/C31H37ClN4O7S/c1-6-22(3)33-31(38)23(4)34(17-16-24-10-8-7-9-11-24)30(37)20-35(28-18-25(32)13-15-29(28)43-5)44(41,42)26-14-12-21(2)27(19-26)36(39)40/h7-15,18-19,22-23H,6,16-17,20H2,1-5H3,(H,33,38)/t22-,23-/m0/s1. The van der Waals surface area contributed by atoms with Crippen molar-refractivity contribution in [3.05, 3.63) is 93.0 Å². The average Bonchev–Trinajstić information content (AvgIpc) is 3.00. The number of rotatable bonds is 14. The first-order valence-corrected chi connectivity index (χ1v) is 15.9. The number of benzene rings is 3. The summed E-state index contributed by atoms with van der Waals surface area (Å²) in [7, 11) is -3.26. The number of sulfonamides is 1. The van der Waals surface area contributed by atoms with Gasteiger partial charge in [-0.2, -0.15) is 0 Å². The zero-order valence-electron chi connectivity index (χ0n) is 25.3. The molecule has 0 saturated carbocycles. The average molecular weight is 645 g/mol. The molecule has 2 atom stereocenters. The van der Waals surface area contributed by atoms with Crippen molar-refractivity contribution in [2.45, 2.75) is 57.5 Å². The van der Waals surface area contributed by atoms with Gasteiger partial charge in [-0.05, 0) is 63.4 Å². The molecule has 3 rings (SSSR count). The molecule has 1 N–H and O–H groups in total. The summed E-state index contributed by atoms with van der Waals surface area (Å²) in [5, 5.41) is 14.7. The van der Waals surface area contributed by atoms with E-state index in [2.05, 4.69) is 5.32 Å². The quantitative estimate of drug-likeness (QED) is 0.189. The third kappa shape index (κ3) is 8.26. The van der Waals surface area contributed by atoms with Crippen LogP contribution in [0.1, 0.15) is 38.3 Å². The molecular weight excluding hydrogens is 608 g/mol. The highest BCUT2D eigenvalue weighted by Gasteiger charge is 2.35. The molecule has 0 aliphatic rings. The van der Waals surface area contributed by atoms with Crippen LogP contribution in [0.3, 0.4) is 0 Å². The Hall–Kier alpha value is -4.16. The van der Waals surface area contributed by atoms with Crippen molar-refractivity contribution in [1.82, 2.24) is 10.2 Å². The van der Waals surface area contributed by atoms with E-state index in [1.54, 1.807) is 6.92 Å². The van der Waals surface area contributed by atoms with Crippen molar-refractivity contribution in [1.29, 1.82) is 0 Å². The van der Waals surface area contributed by atoms with Gasteiger partial charge in [0.1, 0.15) is 18.3 Å². The third-order valence-electron chi connectivity index (χ3n) is 7.31. The Bertz CT molecular complexity index is 1600. The lowest BCUT2D eigenvalue weighted by molar-refractivity contribution is -0.385. The summed E-state index contributed by atoms with van der Waals surface area (Å²) in [5.74, 6) is -0.949. The topological polar surface area (TPSA) is 139 Å². The van der Waals surface area contributed by atoms with Crippen LogP contribution in [0, 0.1) is 17.0 Å².